The highest BCUT2D eigenvalue weighted by molar-refractivity contribution is 7.15. The predicted molar refractivity (Wildman–Crippen MR) is 60.4 cm³/mol. The maximum atomic E-state index is 9.39. The molecule has 0 aliphatic carbocycles. The maximum absolute atomic E-state index is 9.39. The molecule has 2 rings (SSSR count). The molecule has 2 heteroatoms. The first-order valence-corrected chi connectivity index (χ1v) is 5.42. The molecule has 0 radical (unpaired) electrons. The van der Waals surface area contributed by atoms with Crippen molar-refractivity contribution in [1.29, 1.82) is 0 Å². The Labute approximate surface area is 87.7 Å². The largest absolute Gasteiger partial charge is 0.388 e. The van der Waals surface area contributed by atoms with Gasteiger partial charge in [-0.3, -0.25) is 0 Å². The van der Waals surface area contributed by atoms with Crippen LogP contribution in [0.3, 0.4) is 0 Å². The highest BCUT2D eigenvalue weighted by Gasteiger charge is 2.05. The fourth-order valence-corrected chi connectivity index (χ4v) is 2.29. The molecule has 72 valence electrons. The molecule has 0 amide bonds. The van der Waals surface area contributed by atoms with Crippen LogP contribution >= 0.6 is 11.3 Å². The first-order chi connectivity index (χ1) is 6.77. The second-order valence-corrected chi connectivity index (χ2v) is 4.36. The van der Waals surface area contributed by atoms with Crippen molar-refractivity contribution < 1.29 is 5.11 Å². The van der Waals surface area contributed by atoms with Crippen LogP contribution in [0.5, 0.6) is 0 Å². The Morgan fingerprint density at radius 1 is 1.07 bits per heavy atom. The molecule has 0 aliphatic rings. The van der Waals surface area contributed by atoms with Gasteiger partial charge >= 0.3 is 0 Å². The summed E-state index contributed by atoms with van der Waals surface area (Å²) in [6.07, 6.45) is -0.363. The van der Waals surface area contributed by atoms with E-state index in [0.29, 0.717) is 0 Å². The van der Waals surface area contributed by atoms with Crippen molar-refractivity contribution >= 4 is 11.3 Å². The topological polar surface area (TPSA) is 20.2 Å². The molecule has 1 N–H and O–H groups in total. The molecule has 1 nitrogen and oxygen atoms in total. The summed E-state index contributed by atoms with van der Waals surface area (Å²) in [7, 11) is 0. The van der Waals surface area contributed by atoms with Crippen LogP contribution in [0.1, 0.15) is 17.9 Å². The van der Waals surface area contributed by atoms with Crippen LogP contribution in [0.25, 0.3) is 10.4 Å². The summed E-state index contributed by atoms with van der Waals surface area (Å²) in [5, 5.41) is 9.39. The van der Waals surface area contributed by atoms with E-state index in [1.165, 1.54) is 10.4 Å². The Kier molecular flexibility index (Phi) is 2.66. The van der Waals surface area contributed by atoms with E-state index in [1.54, 1.807) is 18.3 Å². The van der Waals surface area contributed by atoms with Crippen molar-refractivity contribution in [2.75, 3.05) is 0 Å². The summed E-state index contributed by atoms with van der Waals surface area (Å²) in [5.74, 6) is 0. The fourth-order valence-electron chi connectivity index (χ4n) is 1.33. The molecular formula is C12H12OS. The summed E-state index contributed by atoms with van der Waals surface area (Å²) in [5.41, 5.74) is 1.21. The van der Waals surface area contributed by atoms with E-state index in [0.717, 1.165) is 4.88 Å². The van der Waals surface area contributed by atoms with Gasteiger partial charge < -0.3 is 5.11 Å². The number of hydrogen-bond acceptors (Lipinski definition) is 2. The lowest BCUT2D eigenvalue weighted by Gasteiger charge is -1.98. The number of aliphatic hydroxyl groups is 1. The molecule has 14 heavy (non-hydrogen) atoms. The molecule has 1 aromatic carbocycles. The Morgan fingerprint density at radius 3 is 2.36 bits per heavy atom. The van der Waals surface area contributed by atoms with Crippen LogP contribution in [0.2, 0.25) is 0 Å². The average molecular weight is 204 g/mol. The van der Waals surface area contributed by atoms with Crippen LogP contribution in [-0.2, 0) is 0 Å². The van der Waals surface area contributed by atoms with Gasteiger partial charge in [0.05, 0.1) is 6.10 Å². The van der Waals surface area contributed by atoms with Crippen molar-refractivity contribution in [2.24, 2.45) is 0 Å². The lowest BCUT2D eigenvalue weighted by atomic mass is 10.2. The minimum absolute atomic E-state index is 0.363. The molecule has 1 atom stereocenters. The maximum Gasteiger partial charge on any atom is 0.0854 e. The first-order valence-electron chi connectivity index (χ1n) is 4.60. The minimum atomic E-state index is -0.363. The number of hydrogen-bond donors (Lipinski definition) is 1. The molecule has 1 aromatic heterocycles. The summed E-state index contributed by atoms with van der Waals surface area (Å²) in [6.45, 7) is 1.79. The Bertz CT molecular complexity index is 403. The second kappa shape index (κ2) is 3.95. The Balaban J connectivity index is 2.34. The summed E-state index contributed by atoms with van der Waals surface area (Å²) in [6, 6.07) is 14.3. The van der Waals surface area contributed by atoms with Gasteiger partial charge in [0.25, 0.3) is 0 Å². The van der Waals surface area contributed by atoms with Crippen molar-refractivity contribution in [3.8, 4) is 10.4 Å². The predicted octanol–water partition coefficient (Wildman–Crippen LogP) is 3.47. The molecule has 0 saturated carbocycles. The molecule has 0 unspecified atom stereocenters. The standard InChI is InChI=1S/C12H12OS/c1-9(13)11-7-8-12(14-11)10-5-3-2-4-6-10/h2-9,13H,1H3/t9-/m0/s1. The number of benzene rings is 1. The molecule has 0 spiro atoms. The van der Waals surface area contributed by atoms with Crippen LogP contribution in [-0.4, -0.2) is 5.11 Å². The van der Waals surface area contributed by atoms with Gasteiger partial charge in [-0.25, -0.2) is 0 Å². The van der Waals surface area contributed by atoms with Crippen molar-refractivity contribution in [3.05, 3.63) is 47.3 Å². The number of thiophene rings is 1. The van der Waals surface area contributed by atoms with Crippen LogP contribution < -0.4 is 0 Å². The van der Waals surface area contributed by atoms with Gasteiger partial charge in [0.2, 0.25) is 0 Å². The zero-order chi connectivity index (χ0) is 9.97. The van der Waals surface area contributed by atoms with E-state index in [4.69, 9.17) is 0 Å². The number of rotatable bonds is 2. The van der Waals surface area contributed by atoms with Crippen molar-refractivity contribution in [1.82, 2.24) is 0 Å². The molecule has 2 aromatic rings. The van der Waals surface area contributed by atoms with Crippen LogP contribution in [0.4, 0.5) is 0 Å². The monoisotopic (exact) mass is 204 g/mol. The van der Waals surface area contributed by atoms with E-state index in [1.807, 2.05) is 24.3 Å². The molecular weight excluding hydrogens is 192 g/mol. The van der Waals surface area contributed by atoms with Crippen molar-refractivity contribution in [2.45, 2.75) is 13.0 Å². The van der Waals surface area contributed by atoms with Gasteiger partial charge in [0.15, 0.2) is 0 Å². The van der Waals surface area contributed by atoms with Gasteiger partial charge in [0, 0.05) is 9.75 Å². The fraction of sp³-hybridized carbons (Fsp3) is 0.167. The molecule has 0 saturated heterocycles. The Hall–Kier alpha value is -1.12. The van der Waals surface area contributed by atoms with Gasteiger partial charge in [-0.05, 0) is 24.6 Å². The smallest absolute Gasteiger partial charge is 0.0854 e. The van der Waals surface area contributed by atoms with E-state index in [-0.39, 0.29) is 6.10 Å². The second-order valence-electron chi connectivity index (χ2n) is 3.24. The summed E-state index contributed by atoms with van der Waals surface area (Å²) >= 11 is 1.64. The average Bonchev–Trinajstić information content (AvgIpc) is 2.68. The lowest BCUT2D eigenvalue weighted by molar-refractivity contribution is 0.203. The normalized spacial score (nSPS) is 12.7. The number of aliphatic hydroxyl groups excluding tert-OH is 1. The molecule has 1 heterocycles. The molecule has 0 bridgehead atoms. The summed E-state index contributed by atoms with van der Waals surface area (Å²) < 4.78 is 0. The van der Waals surface area contributed by atoms with E-state index >= 15 is 0 Å². The van der Waals surface area contributed by atoms with E-state index < -0.39 is 0 Å². The lowest BCUT2D eigenvalue weighted by Crippen LogP contribution is -1.83. The van der Waals surface area contributed by atoms with Gasteiger partial charge in [-0.15, -0.1) is 11.3 Å². The highest BCUT2D eigenvalue weighted by atomic mass is 32.1. The Morgan fingerprint density at radius 2 is 1.79 bits per heavy atom. The van der Waals surface area contributed by atoms with Gasteiger partial charge in [-0.1, -0.05) is 30.3 Å². The van der Waals surface area contributed by atoms with Gasteiger partial charge in [-0.2, -0.15) is 0 Å². The van der Waals surface area contributed by atoms with E-state index in [9.17, 15) is 5.11 Å². The van der Waals surface area contributed by atoms with E-state index in [2.05, 4.69) is 18.2 Å². The first kappa shape index (κ1) is 9.44. The van der Waals surface area contributed by atoms with Crippen LogP contribution in [0, 0.1) is 0 Å². The summed E-state index contributed by atoms with van der Waals surface area (Å²) in [4.78, 5) is 2.23. The quantitative estimate of drug-likeness (QED) is 0.794. The SMILES string of the molecule is C[C@H](O)c1ccc(-c2ccccc2)s1. The van der Waals surface area contributed by atoms with Gasteiger partial charge in [0.1, 0.15) is 0 Å². The zero-order valence-electron chi connectivity index (χ0n) is 7.97. The third-order valence-electron chi connectivity index (χ3n) is 2.10. The van der Waals surface area contributed by atoms with Crippen molar-refractivity contribution in [3.63, 3.8) is 0 Å². The minimum Gasteiger partial charge on any atom is -0.388 e. The van der Waals surface area contributed by atoms with Crippen LogP contribution in [0.15, 0.2) is 42.5 Å². The molecule has 0 aliphatic heterocycles. The third kappa shape index (κ3) is 1.86. The molecule has 0 fully saturated rings. The third-order valence-corrected chi connectivity index (χ3v) is 3.40. The highest BCUT2D eigenvalue weighted by Crippen LogP contribution is 2.30. The zero-order valence-corrected chi connectivity index (χ0v) is 8.79.